The molecule has 1 saturated carbocycles. The van der Waals surface area contributed by atoms with E-state index in [9.17, 15) is 4.79 Å². The molecule has 0 unspecified atom stereocenters. The summed E-state index contributed by atoms with van der Waals surface area (Å²) in [5, 5.41) is 5.10. The van der Waals surface area contributed by atoms with Gasteiger partial charge in [-0.15, -0.1) is 11.3 Å². The van der Waals surface area contributed by atoms with Crippen molar-refractivity contribution in [3.63, 3.8) is 0 Å². The Morgan fingerprint density at radius 1 is 1.53 bits per heavy atom. The van der Waals surface area contributed by atoms with Crippen LogP contribution in [0, 0.1) is 6.92 Å². The van der Waals surface area contributed by atoms with Crippen molar-refractivity contribution in [1.82, 2.24) is 14.7 Å². The smallest absolute Gasteiger partial charge is 0.271 e. The number of aryl methyl sites for hydroxylation is 1. The summed E-state index contributed by atoms with van der Waals surface area (Å²) in [7, 11) is 0. The number of fused-ring (bicyclic) bond motifs is 1. The molecule has 1 aliphatic rings. The topological polar surface area (TPSA) is 46.4 Å². The second-order valence-corrected chi connectivity index (χ2v) is 5.45. The van der Waals surface area contributed by atoms with Crippen LogP contribution in [0.2, 0.25) is 0 Å². The molecule has 17 heavy (non-hydrogen) atoms. The molecule has 4 nitrogen and oxygen atoms in total. The molecule has 1 aliphatic carbocycles. The molecule has 90 valence electrons. The molecule has 2 aromatic rings. The number of hydrogen-bond acceptors (Lipinski definition) is 3. The van der Waals surface area contributed by atoms with E-state index >= 15 is 0 Å². The van der Waals surface area contributed by atoms with Gasteiger partial charge in [0.25, 0.3) is 5.91 Å². The zero-order valence-corrected chi connectivity index (χ0v) is 10.6. The van der Waals surface area contributed by atoms with Gasteiger partial charge in [-0.05, 0) is 19.8 Å². The van der Waals surface area contributed by atoms with Crippen LogP contribution >= 0.6 is 11.3 Å². The van der Waals surface area contributed by atoms with Gasteiger partial charge in [0, 0.05) is 23.3 Å². The average Bonchev–Trinajstić information content (AvgIpc) is 2.97. The Morgan fingerprint density at radius 2 is 2.29 bits per heavy atom. The Labute approximate surface area is 104 Å². The van der Waals surface area contributed by atoms with Crippen LogP contribution in [0.3, 0.4) is 0 Å². The van der Waals surface area contributed by atoms with Crippen molar-refractivity contribution in [1.29, 1.82) is 0 Å². The van der Waals surface area contributed by atoms with Crippen molar-refractivity contribution in [2.24, 2.45) is 0 Å². The number of rotatable bonds is 2. The summed E-state index contributed by atoms with van der Waals surface area (Å²) in [5.41, 5.74) is 1.66. The van der Waals surface area contributed by atoms with Gasteiger partial charge in [0.2, 0.25) is 0 Å². The monoisotopic (exact) mass is 249 g/mol. The molecular weight excluding hydrogens is 234 g/mol. The fourth-order valence-corrected chi connectivity index (χ4v) is 3.18. The largest absolute Gasteiger partial charge is 0.348 e. The zero-order chi connectivity index (χ0) is 11.8. The minimum atomic E-state index is -0.0350. The van der Waals surface area contributed by atoms with Gasteiger partial charge in [-0.1, -0.05) is 12.8 Å². The molecule has 0 saturated heterocycles. The number of carbonyl (C=O) groups is 1. The molecule has 3 rings (SSSR count). The van der Waals surface area contributed by atoms with Gasteiger partial charge in [-0.3, -0.25) is 9.20 Å². The van der Waals surface area contributed by atoms with E-state index in [4.69, 9.17) is 0 Å². The molecular formula is C12H15N3OS. The fourth-order valence-electron chi connectivity index (χ4n) is 2.33. The summed E-state index contributed by atoms with van der Waals surface area (Å²) in [5.74, 6) is -0.0350. The molecule has 0 bridgehead atoms. The predicted molar refractivity (Wildman–Crippen MR) is 67.5 cm³/mol. The molecule has 1 fully saturated rings. The number of imidazole rings is 1. The molecule has 2 aromatic heterocycles. The normalized spacial score (nSPS) is 16.8. The Morgan fingerprint density at radius 3 is 3.00 bits per heavy atom. The molecule has 0 radical (unpaired) electrons. The third-order valence-corrected chi connectivity index (χ3v) is 4.27. The van der Waals surface area contributed by atoms with Crippen LogP contribution in [0.4, 0.5) is 0 Å². The second kappa shape index (κ2) is 4.14. The van der Waals surface area contributed by atoms with E-state index in [1.165, 1.54) is 12.8 Å². The number of carbonyl (C=O) groups excluding carboxylic acids is 1. The van der Waals surface area contributed by atoms with Gasteiger partial charge in [0.15, 0.2) is 4.96 Å². The van der Waals surface area contributed by atoms with Gasteiger partial charge >= 0.3 is 0 Å². The lowest BCUT2D eigenvalue weighted by molar-refractivity contribution is 0.0933. The maximum absolute atomic E-state index is 12.0. The zero-order valence-electron chi connectivity index (χ0n) is 9.77. The lowest BCUT2D eigenvalue weighted by atomic mass is 10.2. The van der Waals surface area contributed by atoms with Crippen LogP contribution < -0.4 is 5.32 Å². The van der Waals surface area contributed by atoms with Crippen molar-refractivity contribution in [3.05, 3.63) is 23.0 Å². The molecule has 1 amide bonds. The average molecular weight is 249 g/mol. The summed E-state index contributed by atoms with van der Waals surface area (Å²) >= 11 is 1.57. The number of nitrogens with one attached hydrogen (secondary N) is 1. The van der Waals surface area contributed by atoms with Crippen molar-refractivity contribution < 1.29 is 4.79 Å². The van der Waals surface area contributed by atoms with E-state index in [1.807, 2.05) is 22.9 Å². The Balaban J connectivity index is 1.80. The molecule has 0 atom stereocenters. The van der Waals surface area contributed by atoms with Crippen LogP contribution in [-0.4, -0.2) is 21.3 Å². The van der Waals surface area contributed by atoms with E-state index in [0.717, 1.165) is 23.5 Å². The highest BCUT2D eigenvalue weighted by molar-refractivity contribution is 7.15. The predicted octanol–water partition coefficient (Wildman–Crippen LogP) is 2.38. The first-order valence-corrected chi connectivity index (χ1v) is 6.86. The maximum Gasteiger partial charge on any atom is 0.271 e. The first-order chi connectivity index (χ1) is 8.24. The molecule has 2 heterocycles. The third kappa shape index (κ3) is 1.95. The van der Waals surface area contributed by atoms with Crippen LogP contribution in [0.25, 0.3) is 4.96 Å². The van der Waals surface area contributed by atoms with Gasteiger partial charge in [0.1, 0.15) is 5.69 Å². The Hall–Kier alpha value is -1.36. The van der Waals surface area contributed by atoms with Crippen molar-refractivity contribution in [2.45, 2.75) is 38.6 Å². The van der Waals surface area contributed by atoms with E-state index in [0.29, 0.717) is 11.7 Å². The summed E-state index contributed by atoms with van der Waals surface area (Å²) in [4.78, 5) is 17.2. The lowest BCUT2D eigenvalue weighted by Crippen LogP contribution is -2.32. The van der Waals surface area contributed by atoms with E-state index < -0.39 is 0 Å². The summed E-state index contributed by atoms with van der Waals surface area (Å²) in [6.07, 6.45) is 6.48. The number of thiazole rings is 1. The number of amides is 1. The van der Waals surface area contributed by atoms with E-state index in [-0.39, 0.29) is 5.91 Å². The Kier molecular flexibility index (Phi) is 2.63. The van der Waals surface area contributed by atoms with Gasteiger partial charge in [0.05, 0.1) is 0 Å². The molecule has 0 aromatic carbocycles. The number of nitrogens with zero attached hydrogens (tertiary/aromatic N) is 2. The molecule has 0 aliphatic heterocycles. The molecule has 1 N–H and O–H groups in total. The van der Waals surface area contributed by atoms with Gasteiger partial charge in [-0.2, -0.15) is 0 Å². The van der Waals surface area contributed by atoms with Crippen molar-refractivity contribution >= 4 is 22.2 Å². The fraction of sp³-hybridized carbons (Fsp3) is 0.500. The van der Waals surface area contributed by atoms with Crippen molar-refractivity contribution in [3.8, 4) is 0 Å². The highest BCUT2D eigenvalue weighted by Crippen LogP contribution is 2.19. The van der Waals surface area contributed by atoms with Crippen molar-refractivity contribution in [2.75, 3.05) is 0 Å². The van der Waals surface area contributed by atoms with E-state index in [2.05, 4.69) is 10.3 Å². The SMILES string of the molecule is Cc1csc2nc(C(=O)NC3CCCC3)cn12. The number of aromatic nitrogens is 2. The lowest BCUT2D eigenvalue weighted by Gasteiger charge is -2.09. The van der Waals surface area contributed by atoms with Crippen LogP contribution in [0.15, 0.2) is 11.6 Å². The number of hydrogen-bond donors (Lipinski definition) is 1. The van der Waals surface area contributed by atoms with Crippen LogP contribution in [0.5, 0.6) is 0 Å². The quantitative estimate of drug-likeness (QED) is 0.888. The summed E-state index contributed by atoms with van der Waals surface area (Å²) < 4.78 is 1.97. The van der Waals surface area contributed by atoms with Crippen LogP contribution in [-0.2, 0) is 0 Å². The highest BCUT2D eigenvalue weighted by atomic mass is 32.1. The maximum atomic E-state index is 12.0. The minimum absolute atomic E-state index is 0.0350. The van der Waals surface area contributed by atoms with Gasteiger partial charge in [-0.25, -0.2) is 4.98 Å². The second-order valence-electron chi connectivity index (χ2n) is 4.61. The summed E-state index contributed by atoms with van der Waals surface area (Å²) in [6, 6.07) is 0.350. The standard InChI is InChI=1S/C12H15N3OS/c1-8-7-17-12-14-10(6-15(8)12)11(16)13-9-4-2-3-5-9/h6-7,9H,2-5H2,1H3,(H,13,16). The third-order valence-electron chi connectivity index (χ3n) is 3.31. The summed E-state index contributed by atoms with van der Waals surface area (Å²) in [6.45, 7) is 2.02. The molecule has 0 spiro atoms. The van der Waals surface area contributed by atoms with Crippen LogP contribution in [0.1, 0.15) is 41.9 Å². The molecule has 5 heteroatoms. The Bertz CT molecular complexity index is 551. The first-order valence-electron chi connectivity index (χ1n) is 5.98. The first kappa shape index (κ1) is 10.8. The minimum Gasteiger partial charge on any atom is -0.348 e. The highest BCUT2D eigenvalue weighted by Gasteiger charge is 2.19. The van der Waals surface area contributed by atoms with Gasteiger partial charge < -0.3 is 5.32 Å². The van der Waals surface area contributed by atoms with E-state index in [1.54, 1.807) is 11.3 Å².